The Morgan fingerprint density at radius 2 is 1.87 bits per heavy atom. The van der Waals surface area contributed by atoms with Crippen molar-refractivity contribution in [3.05, 3.63) is 53.1 Å². The summed E-state index contributed by atoms with van der Waals surface area (Å²) in [6, 6.07) is 11.6. The molecule has 3 rings (SSSR count). The van der Waals surface area contributed by atoms with Gasteiger partial charge in [-0.1, -0.05) is 30.3 Å². The third-order valence-electron chi connectivity index (χ3n) is 2.43. The van der Waals surface area contributed by atoms with Gasteiger partial charge in [-0.05, 0) is 16.8 Å². The van der Waals surface area contributed by atoms with Crippen molar-refractivity contribution < 1.29 is 4.42 Å². The largest absolute Gasteiger partial charge is 0.439 e. The Morgan fingerprint density at radius 3 is 2.80 bits per heavy atom. The van der Waals surface area contributed by atoms with E-state index in [1.165, 1.54) is 0 Å². The van der Waals surface area contributed by atoms with E-state index in [9.17, 15) is 4.79 Å². The molecular formula is C12H7NO2. The number of aromatic nitrogens is 1. The first kappa shape index (κ1) is 8.17. The molecule has 0 atom stereocenters. The van der Waals surface area contributed by atoms with Crippen LogP contribution in [-0.2, 0) is 0 Å². The smallest absolute Gasteiger partial charge is 0.408 e. The second-order valence-corrected chi connectivity index (χ2v) is 3.32. The number of hydrogen-bond acceptors (Lipinski definition) is 3. The Balaban J connectivity index is 2.60. The lowest BCUT2D eigenvalue weighted by Gasteiger charge is -2.00. The Morgan fingerprint density at radius 1 is 1.00 bits per heavy atom. The van der Waals surface area contributed by atoms with Gasteiger partial charge in [-0.2, -0.15) is 4.98 Å². The molecule has 2 aromatic carbocycles. The van der Waals surface area contributed by atoms with Gasteiger partial charge in [-0.3, -0.25) is 0 Å². The van der Waals surface area contributed by atoms with Gasteiger partial charge in [0.1, 0.15) is 5.58 Å². The van der Waals surface area contributed by atoms with E-state index in [0.29, 0.717) is 5.58 Å². The molecule has 3 nitrogen and oxygen atoms in total. The van der Waals surface area contributed by atoms with E-state index in [1.807, 2.05) is 30.3 Å². The molecule has 1 aromatic heterocycles. The SMILES string of the molecule is O=c1ncc2c(ccc3ccccc32)o1. The zero-order valence-electron chi connectivity index (χ0n) is 7.81. The Bertz CT molecular complexity index is 700. The molecule has 0 radical (unpaired) electrons. The number of fused-ring (bicyclic) bond motifs is 3. The molecule has 15 heavy (non-hydrogen) atoms. The summed E-state index contributed by atoms with van der Waals surface area (Å²) in [6.07, 6.45) is 1.56. The second kappa shape index (κ2) is 2.92. The number of benzene rings is 2. The summed E-state index contributed by atoms with van der Waals surface area (Å²) in [7, 11) is 0. The summed E-state index contributed by atoms with van der Waals surface area (Å²) in [5.74, 6) is -0.558. The van der Waals surface area contributed by atoms with Gasteiger partial charge in [0.2, 0.25) is 0 Å². The number of hydrogen-bond donors (Lipinski definition) is 0. The van der Waals surface area contributed by atoms with E-state index in [2.05, 4.69) is 4.98 Å². The topological polar surface area (TPSA) is 43.1 Å². The second-order valence-electron chi connectivity index (χ2n) is 3.32. The van der Waals surface area contributed by atoms with Crippen LogP contribution < -0.4 is 5.76 Å². The fourth-order valence-corrected chi connectivity index (χ4v) is 1.74. The molecule has 3 heteroatoms. The fraction of sp³-hybridized carbons (Fsp3) is 0. The first-order chi connectivity index (χ1) is 7.34. The molecule has 0 unspecified atom stereocenters. The molecule has 72 valence electrons. The third-order valence-corrected chi connectivity index (χ3v) is 2.43. The predicted molar refractivity (Wildman–Crippen MR) is 57.8 cm³/mol. The van der Waals surface area contributed by atoms with Crippen molar-refractivity contribution >= 4 is 21.7 Å². The van der Waals surface area contributed by atoms with Crippen molar-refractivity contribution in [2.75, 3.05) is 0 Å². The average Bonchev–Trinajstić information content (AvgIpc) is 2.28. The first-order valence-electron chi connectivity index (χ1n) is 4.62. The molecule has 0 fully saturated rings. The molecule has 0 aliphatic rings. The van der Waals surface area contributed by atoms with Crippen molar-refractivity contribution in [2.45, 2.75) is 0 Å². The first-order valence-corrected chi connectivity index (χ1v) is 4.62. The van der Waals surface area contributed by atoms with Crippen molar-refractivity contribution in [2.24, 2.45) is 0 Å². The van der Waals surface area contributed by atoms with Crippen LogP contribution >= 0.6 is 0 Å². The quantitative estimate of drug-likeness (QED) is 0.519. The summed E-state index contributed by atoms with van der Waals surface area (Å²) in [4.78, 5) is 14.6. The summed E-state index contributed by atoms with van der Waals surface area (Å²) in [5, 5.41) is 3.03. The highest BCUT2D eigenvalue weighted by atomic mass is 16.4. The predicted octanol–water partition coefficient (Wildman–Crippen LogP) is 2.34. The monoisotopic (exact) mass is 197 g/mol. The Kier molecular flexibility index (Phi) is 1.59. The summed E-state index contributed by atoms with van der Waals surface area (Å²) < 4.78 is 5.00. The number of nitrogens with zero attached hydrogens (tertiary/aromatic N) is 1. The van der Waals surface area contributed by atoms with E-state index in [1.54, 1.807) is 12.3 Å². The molecule has 0 amide bonds. The summed E-state index contributed by atoms with van der Waals surface area (Å²) >= 11 is 0. The van der Waals surface area contributed by atoms with E-state index < -0.39 is 5.76 Å². The van der Waals surface area contributed by atoms with Crippen molar-refractivity contribution in [1.29, 1.82) is 0 Å². The summed E-state index contributed by atoms with van der Waals surface area (Å²) in [5.41, 5.74) is 0.578. The maximum atomic E-state index is 10.9. The highest BCUT2D eigenvalue weighted by Gasteiger charge is 2.01. The van der Waals surface area contributed by atoms with Gasteiger partial charge < -0.3 is 4.42 Å². The fourth-order valence-electron chi connectivity index (χ4n) is 1.74. The highest BCUT2D eigenvalue weighted by molar-refractivity contribution is 6.04. The van der Waals surface area contributed by atoms with E-state index in [-0.39, 0.29) is 0 Å². The maximum absolute atomic E-state index is 10.9. The average molecular weight is 197 g/mol. The van der Waals surface area contributed by atoms with E-state index in [0.717, 1.165) is 16.2 Å². The number of rotatable bonds is 0. The molecule has 0 saturated heterocycles. The molecule has 1 heterocycles. The summed E-state index contributed by atoms with van der Waals surface area (Å²) in [6.45, 7) is 0. The van der Waals surface area contributed by atoms with Gasteiger partial charge in [0.25, 0.3) is 0 Å². The zero-order valence-corrected chi connectivity index (χ0v) is 7.81. The van der Waals surface area contributed by atoms with Gasteiger partial charge in [-0.25, -0.2) is 4.79 Å². The molecule has 3 aromatic rings. The molecule has 0 bridgehead atoms. The van der Waals surface area contributed by atoms with E-state index >= 15 is 0 Å². The highest BCUT2D eigenvalue weighted by Crippen LogP contribution is 2.22. The lowest BCUT2D eigenvalue weighted by molar-refractivity contribution is 0.532. The van der Waals surface area contributed by atoms with Crippen LogP contribution in [0.25, 0.3) is 21.7 Å². The third kappa shape index (κ3) is 1.21. The van der Waals surface area contributed by atoms with Gasteiger partial charge in [-0.15, -0.1) is 0 Å². The Hall–Kier alpha value is -2.16. The van der Waals surface area contributed by atoms with Crippen LogP contribution in [0.3, 0.4) is 0 Å². The normalized spacial score (nSPS) is 10.9. The van der Waals surface area contributed by atoms with Gasteiger partial charge in [0.15, 0.2) is 0 Å². The van der Waals surface area contributed by atoms with Crippen LogP contribution in [0.1, 0.15) is 0 Å². The molecule has 0 aliphatic carbocycles. The lowest BCUT2D eigenvalue weighted by atomic mass is 10.1. The molecule has 0 N–H and O–H groups in total. The van der Waals surface area contributed by atoms with Crippen LogP contribution in [0.15, 0.2) is 51.8 Å². The van der Waals surface area contributed by atoms with Gasteiger partial charge in [0, 0.05) is 11.6 Å². The van der Waals surface area contributed by atoms with Crippen LogP contribution in [0, 0.1) is 0 Å². The molecular weight excluding hydrogens is 190 g/mol. The van der Waals surface area contributed by atoms with Crippen LogP contribution in [0.2, 0.25) is 0 Å². The van der Waals surface area contributed by atoms with Crippen molar-refractivity contribution in [3.63, 3.8) is 0 Å². The molecule has 0 aliphatic heterocycles. The minimum absolute atomic E-state index is 0.558. The standard InChI is InChI=1S/C12H7NO2/c14-12-13-7-10-9-4-2-1-3-8(9)5-6-11(10)15-12/h1-7H. The Labute approximate surface area is 85.0 Å². The zero-order chi connectivity index (χ0) is 10.3. The van der Waals surface area contributed by atoms with Crippen molar-refractivity contribution in [3.8, 4) is 0 Å². The minimum Gasteiger partial charge on any atom is -0.408 e. The van der Waals surface area contributed by atoms with Crippen LogP contribution in [-0.4, -0.2) is 4.98 Å². The lowest BCUT2D eigenvalue weighted by Crippen LogP contribution is -2.01. The van der Waals surface area contributed by atoms with Crippen LogP contribution in [0.4, 0.5) is 0 Å². The van der Waals surface area contributed by atoms with Crippen molar-refractivity contribution in [1.82, 2.24) is 4.98 Å². The van der Waals surface area contributed by atoms with Gasteiger partial charge in [0.05, 0.1) is 0 Å². The molecule has 0 spiro atoms. The molecule has 0 saturated carbocycles. The minimum atomic E-state index is -0.558. The van der Waals surface area contributed by atoms with E-state index in [4.69, 9.17) is 4.42 Å². The van der Waals surface area contributed by atoms with Crippen LogP contribution in [0.5, 0.6) is 0 Å². The maximum Gasteiger partial charge on any atom is 0.439 e. The van der Waals surface area contributed by atoms with Gasteiger partial charge >= 0.3 is 5.76 Å².